The molecule has 104 valence electrons. The predicted octanol–water partition coefficient (Wildman–Crippen LogP) is 2.46. The van der Waals surface area contributed by atoms with E-state index in [0.717, 1.165) is 31.8 Å². The van der Waals surface area contributed by atoms with Gasteiger partial charge in [0.1, 0.15) is 0 Å². The van der Waals surface area contributed by atoms with Gasteiger partial charge in [0.25, 0.3) is 0 Å². The van der Waals surface area contributed by atoms with E-state index < -0.39 is 0 Å². The van der Waals surface area contributed by atoms with E-state index in [1.165, 1.54) is 38.5 Å². The average Bonchev–Trinajstić information content (AvgIpc) is 2.87. The zero-order valence-electron chi connectivity index (χ0n) is 11.7. The summed E-state index contributed by atoms with van der Waals surface area (Å²) in [6, 6.07) is 0.0558. The minimum Gasteiger partial charge on any atom is -0.355 e. The van der Waals surface area contributed by atoms with E-state index in [2.05, 4.69) is 17.6 Å². The molecule has 2 atom stereocenters. The maximum Gasteiger partial charge on any atom is 0.237 e. The highest BCUT2D eigenvalue weighted by Crippen LogP contribution is 2.28. The molecule has 3 nitrogen and oxygen atoms in total. The number of carbonyl (C=O) groups excluding carboxylic acids is 1. The van der Waals surface area contributed by atoms with Gasteiger partial charge in [-0.2, -0.15) is 0 Å². The molecule has 0 radical (unpaired) electrons. The van der Waals surface area contributed by atoms with Gasteiger partial charge in [-0.1, -0.05) is 32.6 Å². The summed E-state index contributed by atoms with van der Waals surface area (Å²) in [5.41, 5.74) is 0. The van der Waals surface area contributed by atoms with Gasteiger partial charge in [0.15, 0.2) is 0 Å². The fraction of sp³-hybridized carbons (Fsp3) is 0.933. The Morgan fingerprint density at radius 3 is 2.78 bits per heavy atom. The molecule has 1 heterocycles. The van der Waals surface area contributed by atoms with Crippen LogP contribution in [0.2, 0.25) is 0 Å². The van der Waals surface area contributed by atoms with E-state index in [1.54, 1.807) is 0 Å². The number of rotatable bonds is 5. The van der Waals surface area contributed by atoms with Gasteiger partial charge in [-0.15, -0.1) is 0 Å². The molecule has 0 bridgehead atoms. The van der Waals surface area contributed by atoms with Gasteiger partial charge in [-0.05, 0) is 44.1 Å². The van der Waals surface area contributed by atoms with Crippen molar-refractivity contribution in [2.75, 3.05) is 13.1 Å². The molecule has 1 saturated heterocycles. The Morgan fingerprint density at radius 1 is 1.28 bits per heavy atom. The van der Waals surface area contributed by atoms with Crippen LogP contribution in [0.25, 0.3) is 0 Å². The topological polar surface area (TPSA) is 41.1 Å². The van der Waals surface area contributed by atoms with Crippen molar-refractivity contribution in [3.05, 3.63) is 0 Å². The predicted molar refractivity (Wildman–Crippen MR) is 74.4 cm³/mol. The maximum atomic E-state index is 12.0. The number of hydrogen-bond acceptors (Lipinski definition) is 2. The Labute approximate surface area is 111 Å². The zero-order valence-corrected chi connectivity index (χ0v) is 11.7. The molecular weight excluding hydrogens is 224 g/mol. The number of piperidine rings is 1. The summed E-state index contributed by atoms with van der Waals surface area (Å²) in [6.45, 7) is 4.09. The van der Waals surface area contributed by atoms with Crippen LogP contribution in [-0.2, 0) is 4.79 Å². The first-order valence-electron chi connectivity index (χ1n) is 7.77. The van der Waals surface area contributed by atoms with Crippen molar-refractivity contribution >= 4 is 5.91 Å². The van der Waals surface area contributed by atoms with Crippen molar-refractivity contribution in [1.82, 2.24) is 10.6 Å². The van der Waals surface area contributed by atoms with Gasteiger partial charge in [0, 0.05) is 6.54 Å². The summed E-state index contributed by atoms with van der Waals surface area (Å²) in [5.74, 6) is 1.84. The first-order valence-corrected chi connectivity index (χ1v) is 7.77. The van der Waals surface area contributed by atoms with Gasteiger partial charge in [0.05, 0.1) is 6.04 Å². The Morgan fingerprint density at radius 2 is 2.06 bits per heavy atom. The Hall–Kier alpha value is -0.570. The highest BCUT2D eigenvalue weighted by atomic mass is 16.2. The standard InChI is InChI=1S/C15H28N2O/c1-12-8-10-16-14(11-12)15(18)17-9-4-7-13-5-2-3-6-13/h12-14,16H,2-11H2,1H3,(H,17,18). The van der Waals surface area contributed by atoms with Crippen molar-refractivity contribution in [3.63, 3.8) is 0 Å². The molecule has 1 aliphatic carbocycles. The monoisotopic (exact) mass is 252 g/mol. The second kappa shape index (κ2) is 7.13. The summed E-state index contributed by atoms with van der Waals surface area (Å²) in [6.07, 6.45) is 10.3. The molecule has 3 heteroatoms. The first kappa shape index (κ1) is 13.9. The molecule has 2 unspecified atom stereocenters. The highest BCUT2D eigenvalue weighted by molar-refractivity contribution is 5.81. The van der Waals surface area contributed by atoms with Gasteiger partial charge >= 0.3 is 0 Å². The van der Waals surface area contributed by atoms with E-state index in [9.17, 15) is 4.79 Å². The minimum absolute atomic E-state index is 0.0558. The minimum atomic E-state index is 0.0558. The van der Waals surface area contributed by atoms with Crippen molar-refractivity contribution in [2.24, 2.45) is 11.8 Å². The molecule has 2 N–H and O–H groups in total. The summed E-state index contributed by atoms with van der Waals surface area (Å²) in [4.78, 5) is 12.0. The first-order chi connectivity index (χ1) is 8.75. The van der Waals surface area contributed by atoms with Crippen molar-refractivity contribution in [3.8, 4) is 0 Å². The van der Waals surface area contributed by atoms with E-state index in [0.29, 0.717) is 5.92 Å². The third-order valence-electron chi connectivity index (χ3n) is 4.55. The Bertz CT molecular complexity index is 261. The third-order valence-corrected chi connectivity index (χ3v) is 4.55. The fourth-order valence-corrected chi connectivity index (χ4v) is 3.33. The highest BCUT2D eigenvalue weighted by Gasteiger charge is 2.24. The lowest BCUT2D eigenvalue weighted by molar-refractivity contribution is -0.124. The summed E-state index contributed by atoms with van der Waals surface area (Å²) >= 11 is 0. The van der Waals surface area contributed by atoms with Crippen molar-refractivity contribution < 1.29 is 4.79 Å². The quantitative estimate of drug-likeness (QED) is 0.738. The normalized spacial score (nSPS) is 29.4. The molecule has 2 fully saturated rings. The molecule has 1 saturated carbocycles. The summed E-state index contributed by atoms with van der Waals surface area (Å²) in [7, 11) is 0. The SMILES string of the molecule is CC1CCNC(C(=O)NCCCC2CCCC2)C1. The molecular formula is C15H28N2O. The van der Waals surface area contributed by atoms with Crippen LogP contribution in [0.5, 0.6) is 0 Å². The molecule has 1 amide bonds. The molecule has 0 aromatic heterocycles. The van der Waals surface area contributed by atoms with Gasteiger partial charge < -0.3 is 10.6 Å². The van der Waals surface area contributed by atoms with E-state index >= 15 is 0 Å². The van der Waals surface area contributed by atoms with Crippen LogP contribution in [-0.4, -0.2) is 25.0 Å². The molecule has 2 aliphatic rings. The summed E-state index contributed by atoms with van der Waals surface area (Å²) in [5, 5.41) is 6.41. The van der Waals surface area contributed by atoms with Gasteiger partial charge in [-0.3, -0.25) is 4.79 Å². The van der Waals surface area contributed by atoms with Crippen LogP contribution in [0.3, 0.4) is 0 Å². The van der Waals surface area contributed by atoms with Crippen molar-refractivity contribution in [2.45, 2.75) is 64.3 Å². The van der Waals surface area contributed by atoms with Gasteiger partial charge in [-0.25, -0.2) is 0 Å². The van der Waals surface area contributed by atoms with E-state index in [4.69, 9.17) is 0 Å². The molecule has 18 heavy (non-hydrogen) atoms. The van der Waals surface area contributed by atoms with E-state index in [-0.39, 0.29) is 11.9 Å². The van der Waals surface area contributed by atoms with E-state index in [1.807, 2.05) is 0 Å². The average molecular weight is 252 g/mol. The van der Waals surface area contributed by atoms with Crippen LogP contribution in [0.4, 0.5) is 0 Å². The second-order valence-corrected chi connectivity index (χ2v) is 6.22. The number of amides is 1. The van der Waals surface area contributed by atoms with Crippen LogP contribution in [0, 0.1) is 11.8 Å². The Balaban J connectivity index is 1.56. The summed E-state index contributed by atoms with van der Waals surface area (Å²) < 4.78 is 0. The van der Waals surface area contributed by atoms with Crippen LogP contribution in [0.15, 0.2) is 0 Å². The molecule has 1 aliphatic heterocycles. The lowest BCUT2D eigenvalue weighted by Gasteiger charge is -2.27. The molecule has 2 rings (SSSR count). The number of nitrogens with one attached hydrogen (secondary N) is 2. The van der Waals surface area contributed by atoms with Crippen LogP contribution in [0.1, 0.15) is 58.3 Å². The molecule has 0 aromatic carbocycles. The molecule has 0 aromatic rings. The number of carbonyl (C=O) groups is 1. The lowest BCUT2D eigenvalue weighted by atomic mass is 9.94. The second-order valence-electron chi connectivity index (χ2n) is 6.22. The molecule has 0 spiro atoms. The lowest BCUT2D eigenvalue weighted by Crippen LogP contribution is -2.48. The van der Waals surface area contributed by atoms with Crippen LogP contribution >= 0.6 is 0 Å². The van der Waals surface area contributed by atoms with Crippen LogP contribution < -0.4 is 10.6 Å². The van der Waals surface area contributed by atoms with Crippen molar-refractivity contribution in [1.29, 1.82) is 0 Å². The maximum absolute atomic E-state index is 12.0. The van der Waals surface area contributed by atoms with Gasteiger partial charge in [0.2, 0.25) is 5.91 Å². The third kappa shape index (κ3) is 4.27. The zero-order chi connectivity index (χ0) is 12.8. The smallest absolute Gasteiger partial charge is 0.237 e. The fourth-order valence-electron chi connectivity index (χ4n) is 3.33. The Kier molecular flexibility index (Phi) is 5.48. The number of hydrogen-bond donors (Lipinski definition) is 2. The largest absolute Gasteiger partial charge is 0.355 e.